The standard InChI is InChI=1S/C20H14Cl3NO4/c1-9-6-15-11(8-13(9)22)18(26)16-17(10-2-3-12(21)14(23)7-10)24(4-5-25)20(27)19(16)28-15/h2-3,6-8,17,25H,4-5H2,1H3/t17-/m1/s1. The topological polar surface area (TPSA) is 70.8 Å². The summed E-state index contributed by atoms with van der Waals surface area (Å²) < 4.78 is 5.82. The Bertz CT molecular complexity index is 1190. The summed E-state index contributed by atoms with van der Waals surface area (Å²) in [5.74, 6) is -0.504. The van der Waals surface area contributed by atoms with Gasteiger partial charge in [-0.2, -0.15) is 0 Å². The molecule has 8 heteroatoms. The van der Waals surface area contributed by atoms with Gasteiger partial charge in [0.1, 0.15) is 5.58 Å². The molecule has 2 aromatic carbocycles. The van der Waals surface area contributed by atoms with Gasteiger partial charge in [-0.15, -0.1) is 0 Å². The van der Waals surface area contributed by atoms with Gasteiger partial charge >= 0.3 is 0 Å². The van der Waals surface area contributed by atoms with Crippen LogP contribution >= 0.6 is 34.8 Å². The van der Waals surface area contributed by atoms with Crippen molar-refractivity contribution in [2.24, 2.45) is 0 Å². The predicted octanol–water partition coefficient (Wildman–Crippen LogP) is 4.60. The van der Waals surface area contributed by atoms with E-state index in [4.69, 9.17) is 39.2 Å². The van der Waals surface area contributed by atoms with Crippen LogP contribution in [0.1, 0.15) is 33.3 Å². The third-order valence-corrected chi connectivity index (χ3v) is 5.99. The lowest BCUT2D eigenvalue weighted by molar-refractivity contribution is 0.0691. The molecule has 1 aromatic heterocycles. The minimum Gasteiger partial charge on any atom is -0.450 e. The fourth-order valence-electron chi connectivity index (χ4n) is 3.51. The molecule has 1 atom stereocenters. The number of carbonyl (C=O) groups excluding carboxylic acids is 1. The monoisotopic (exact) mass is 437 g/mol. The van der Waals surface area contributed by atoms with E-state index in [0.717, 1.165) is 5.56 Å². The maximum atomic E-state index is 13.3. The van der Waals surface area contributed by atoms with Crippen LogP contribution in [0.5, 0.6) is 0 Å². The van der Waals surface area contributed by atoms with Gasteiger partial charge in [-0.05, 0) is 42.3 Å². The molecule has 0 saturated heterocycles. The average Bonchev–Trinajstić information content (AvgIpc) is 2.93. The third-order valence-electron chi connectivity index (χ3n) is 4.85. The zero-order valence-electron chi connectivity index (χ0n) is 14.6. The molecule has 28 heavy (non-hydrogen) atoms. The van der Waals surface area contributed by atoms with Crippen molar-refractivity contribution < 1.29 is 14.3 Å². The number of fused-ring (bicyclic) bond motifs is 2. The van der Waals surface area contributed by atoms with Gasteiger partial charge in [0.2, 0.25) is 5.76 Å². The van der Waals surface area contributed by atoms with E-state index in [9.17, 15) is 14.7 Å². The van der Waals surface area contributed by atoms with Crippen molar-refractivity contribution in [1.82, 2.24) is 4.90 Å². The summed E-state index contributed by atoms with van der Waals surface area (Å²) in [4.78, 5) is 27.7. The van der Waals surface area contributed by atoms with E-state index >= 15 is 0 Å². The smallest absolute Gasteiger partial charge is 0.290 e. The Kier molecular flexibility index (Phi) is 4.88. The number of β-amino-alcohol motifs (C(OH)–C–C–N with tert-alkyl or cyclic N) is 1. The van der Waals surface area contributed by atoms with Crippen LogP contribution in [-0.4, -0.2) is 29.1 Å². The zero-order valence-corrected chi connectivity index (χ0v) is 16.9. The summed E-state index contributed by atoms with van der Waals surface area (Å²) in [7, 11) is 0. The summed E-state index contributed by atoms with van der Waals surface area (Å²) in [6, 6.07) is 7.33. The molecule has 4 rings (SSSR count). The fraction of sp³-hybridized carbons (Fsp3) is 0.200. The van der Waals surface area contributed by atoms with Gasteiger partial charge in [0.05, 0.1) is 33.6 Å². The number of nitrogens with zero attached hydrogens (tertiary/aromatic N) is 1. The Morgan fingerprint density at radius 3 is 2.50 bits per heavy atom. The molecule has 0 bridgehead atoms. The summed E-state index contributed by atoms with van der Waals surface area (Å²) >= 11 is 18.3. The van der Waals surface area contributed by atoms with Crippen LogP contribution in [0, 0.1) is 6.92 Å². The maximum Gasteiger partial charge on any atom is 0.290 e. The normalized spacial score (nSPS) is 16.1. The second kappa shape index (κ2) is 7.08. The van der Waals surface area contributed by atoms with Crippen LogP contribution < -0.4 is 5.43 Å². The molecule has 0 saturated carbocycles. The third kappa shape index (κ3) is 2.90. The van der Waals surface area contributed by atoms with E-state index in [1.165, 1.54) is 4.90 Å². The zero-order chi connectivity index (χ0) is 20.2. The summed E-state index contributed by atoms with van der Waals surface area (Å²) in [6.07, 6.45) is 0. The van der Waals surface area contributed by atoms with E-state index in [1.54, 1.807) is 37.3 Å². The van der Waals surface area contributed by atoms with Gasteiger partial charge in [0.15, 0.2) is 5.43 Å². The first-order valence-electron chi connectivity index (χ1n) is 8.47. The Labute approximate surface area is 175 Å². The van der Waals surface area contributed by atoms with E-state index in [-0.39, 0.29) is 40.9 Å². The molecule has 0 unspecified atom stereocenters. The van der Waals surface area contributed by atoms with Crippen LogP contribution in [0.4, 0.5) is 0 Å². The maximum absolute atomic E-state index is 13.3. The number of aliphatic hydroxyl groups excluding tert-OH is 1. The Morgan fingerprint density at radius 1 is 1.07 bits per heavy atom. The number of halogens is 3. The highest BCUT2D eigenvalue weighted by Crippen LogP contribution is 2.40. The molecular formula is C20H14Cl3NO4. The number of hydrogen-bond acceptors (Lipinski definition) is 4. The lowest BCUT2D eigenvalue weighted by Gasteiger charge is -2.24. The number of rotatable bonds is 3. The van der Waals surface area contributed by atoms with E-state index < -0.39 is 11.9 Å². The molecule has 1 aliphatic heterocycles. The molecule has 5 nitrogen and oxygen atoms in total. The van der Waals surface area contributed by atoms with Gasteiger partial charge in [-0.3, -0.25) is 9.59 Å². The second-order valence-electron chi connectivity index (χ2n) is 6.57. The van der Waals surface area contributed by atoms with Crippen molar-refractivity contribution in [2.75, 3.05) is 13.2 Å². The van der Waals surface area contributed by atoms with Crippen molar-refractivity contribution in [3.8, 4) is 0 Å². The number of carbonyl (C=O) groups is 1. The molecule has 1 amide bonds. The molecule has 0 radical (unpaired) electrons. The van der Waals surface area contributed by atoms with Crippen molar-refractivity contribution in [2.45, 2.75) is 13.0 Å². The van der Waals surface area contributed by atoms with Crippen molar-refractivity contribution >= 4 is 51.7 Å². The van der Waals surface area contributed by atoms with E-state index in [2.05, 4.69) is 0 Å². The Balaban J connectivity index is 2.03. The van der Waals surface area contributed by atoms with Crippen molar-refractivity contribution in [3.63, 3.8) is 0 Å². The van der Waals surface area contributed by atoms with Crippen LogP contribution in [0.3, 0.4) is 0 Å². The van der Waals surface area contributed by atoms with Gasteiger partial charge in [-0.1, -0.05) is 40.9 Å². The summed E-state index contributed by atoms with van der Waals surface area (Å²) in [6.45, 7) is 1.55. The first-order chi connectivity index (χ1) is 13.3. The van der Waals surface area contributed by atoms with E-state index in [0.29, 0.717) is 20.6 Å². The molecule has 144 valence electrons. The first kappa shape index (κ1) is 19.3. The van der Waals surface area contributed by atoms with Crippen LogP contribution in [-0.2, 0) is 0 Å². The van der Waals surface area contributed by atoms with Crippen LogP contribution in [0.2, 0.25) is 15.1 Å². The molecule has 0 aliphatic carbocycles. The van der Waals surface area contributed by atoms with Crippen molar-refractivity contribution in [3.05, 3.63) is 78.1 Å². The lowest BCUT2D eigenvalue weighted by Crippen LogP contribution is -2.32. The minimum absolute atomic E-state index is 0.0313. The quantitative estimate of drug-likeness (QED) is 0.649. The molecule has 3 aromatic rings. The highest BCUT2D eigenvalue weighted by Gasteiger charge is 2.42. The van der Waals surface area contributed by atoms with Gasteiger partial charge in [0.25, 0.3) is 5.91 Å². The van der Waals surface area contributed by atoms with Gasteiger partial charge < -0.3 is 14.4 Å². The van der Waals surface area contributed by atoms with Crippen LogP contribution in [0.15, 0.2) is 39.5 Å². The Morgan fingerprint density at radius 2 is 1.82 bits per heavy atom. The molecule has 1 N–H and O–H groups in total. The molecule has 0 spiro atoms. The minimum atomic E-state index is -0.745. The number of benzene rings is 2. The highest BCUT2D eigenvalue weighted by atomic mass is 35.5. The van der Waals surface area contributed by atoms with Crippen LogP contribution in [0.25, 0.3) is 11.0 Å². The number of aryl methyl sites for hydroxylation is 1. The average molecular weight is 439 g/mol. The summed E-state index contributed by atoms with van der Waals surface area (Å²) in [5, 5.41) is 10.8. The Hall–Kier alpha value is -2.05. The molecule has 1 aliphatic rings. The molecule has 2 heterocycles. The number of aliphatic hydroxyl groups is 1. The summed E-state index contributed by atoms with van der Waals surface area (Å²) in [5.41, 5.74) is 1.47. The van der Waals surface area contributed by atoms with Crippen molar-refractivity contribution in [1.29, 1.82) is 0 Å². The molecular weight excluding hydrogens is 425 g/mol. The van der Waals surface area contributed by atoms with Gasteiger partial charge in [0, 0.05) is 11.6 Å². The fourth-order valence-corrected chi connectivity index (χ4v) is 3.98. The number of amides is 1. The molecule has 0 fully saturated rings. The SMILES string of the molecule is Cc1cc2oc3c(c(=O)c2cc1Cl)[C@@H](c1ccc(Cl)c(Cl)c1)N(CCO)C3=O. The number of hydrogen-bond donors (Lipinski definition) is 1. The lowest BCUT2D eigenvalue weighted by atomic mass is 9.98. The highest BCUT2D eigenvalue weighted by molar-refractivity contribution is 6.42. The second-order valence-corrected chi connectivity index (χ2v) is 7.79. The predicted molar refractivity (Wildman–Crippen MR) is 109 cm³/mol. The van der Waals surface area contributed by atoms with Gasteiger partial charge in [-0.25, -0.2) is 0 Å². The largest absolute Gasteiger partial charge is 0.450 e. The van der Waals surface area contributed by atoms with E-state index in [1.807, 2.05) is 0 Å². The first-order valence-corrected chi connectivity index (χ1v) is 9.60.